The first-order valence-corrected chi connectivity index (χ1v) is 7.24. The molecule has 0 fully saturated rings. The quantitative estimate of drug-likeness (QED) is 0.847. The molecule has 0 amide bonds. The van der Waals surface area contributed by atoms with E-state index in [1.54, 1.807) is 0 Å². The average molecular weight is 301 g/mol. The molecule has 0 aliphatic carbocycles. The van der Waals surface area contributed by atoms with Crippen molar-refractivity contribution in [1.82, 2.24) is 9.55 Å². The normalized spacial score (nSPS) is 10.2. The molecule has 0 spiro atoms. The van der Waals surface area contributed by atoms with Crippen molar-refractivity contribution in [1.29, 1.82) is 5.26 Å². The monoisotopic (exact) mass is 301 g/mol. The van der Waals surface area contributed by atoms with Crippen LogP contribution in [0.25, 0.3) is 11.3 Å². The Labute approximate surface area is 128 Å². The predicted molar refractivity (Wildman–Crippen MR) is 85.6 cm³/mol. The van der Waals surface area contributed by atoms with Gasteiger partial charge in [0.05, 0.1) is 5.69 Å². The molecule has 0 aliphatic rings. The Bertz CT molecular complexity index is 794. The second-order valence-corrected chi connectivity index (χ2v) is 5.39. The smallest absolute Gasteiger partial charge is 0.178 e. The maximum Gasteiger partial charge on any atom is 0.178 e. The van der Waals surface area contributed by atoms with Crippen LogP contribution >= 0.6 is 24.4 Å². The molecular formula is C15H15N3S2. The Morgan fingerprint density at radius 3 is 2.70 bits per heavy atom. The number of aryl methyl sites for hydroxylation is 1. The number of nitrogens with one attached hydrogen (secondary N) is 1. The van der Waals surface area contributed by atoms with Crippen LogP contribution in [0.4, 0.5) is 0 Å². The molecule has 3 nitrogen and oxygen atoms in total. The highest BCUT2D eigenvalue weighted by atomic mass is 32.1. The van der Waals surface area contributed by atoms with Crippen LogP contribution in [-0.2, 0) is 6.54 Å². The summed E-state index contributed by atoms with van der Waals surface area (Å²) in [5.74, 6) is 0. The fourth-order valence-corrected chi connectivity index (χ4v) is 2.79. The number of H-pyrrole nitrogens is 1. The molecule has 0 saturated heterocycles. The number of nitriles is 1. The van der Waals surface area contributed by atoms with Crippen molar-refractivity contribution in [3.05, 3.63) is 44.8 Å². The van der Waals surface area contributed by atoms with E-state index >= 15 is 0 Å². The third-order valence-electron chi connectivity index (χ3n) is 3.05. The van der Waals surface area contributed by atoms with Gasteiger partial charge in [-0.05, 0) is 37.2 Å². The van der Waals surface area contributed by atoms with E-state index in [0.29, 0.717) is 20.7 Å². The summed E-state index contributed by atoms with van der Waals surface area (Å²) in [4.78, 5) is 3.15. The van der Waals surface area contributed by atoms with Gasteiger partial charge in [-0.1, -0.05) is 42.9 Å². The Morgan fingerprint density at radius 1 is 1.35 bits per heavy atom. The van der Waals surface area contributed by atoms with Gasteiger partial charge in [0.15, 0.2) is 4.77 Å². The molecule has 2 aromatic rings. The zero-order chi connectivity index (χ0) is 14.7. The number of nitrogens with zero attached hydrogens (tertiary/aromatic N) is 2. The summed E-state index contributed by atoms with van der Waals surface area (Å²) in [6.07, 6.45) is 0.917. The van der Waals surface area contributed by atoms with Crippen molar-refractivity contribution in [3.63, 3.8) is 0 Å². The minimum Gasteiger partial charge on any atom is -0.331 e. The lowest BCUT2D eigenvalue weighted by Gasteiger charge is -2.11. The molecule has 20 heavy (non-hydrogen) atoms. The van der Waals surface area contributed by atoms with Crippen LogP contribution < -0.4 is 0 Å². The number of aromatic nitrogens is 2. The van der Waals surface area contributed by atoms with Crippen molar-refractivity contribution >= 4 is 24.4 Å². The first-order chi connectivity index (χ1) is 9.58. The fraction of sp³-hybridized carbons (Fsp3) is 0.267. The molecule has 5 heteroatoms. The summed E-state index contributed by atoms with van der Waals surface area (Å²) in [5.41, 5.74) is 3.25. The van der Waals surface area contributed by atoms with Crippen molar-refractivity contribution in [2.45, 2.75) is 26.8 Å². The summed E-state index contributed by atoms with van der Waals surface area (Å²) in [7, 11) is 0. The number of aromatic amines is 1. The van der Waals surface area contributed by atoms with E-state index in [1.165, 1.54) is 0 Å². The summed E-state index contributed by atoms with van der Waals surface area (Å²) >= 11 is 10.8. The molecule has 2 rings (SSSR count). The Balaban J connectivity index is 2.76. The first-order valence-electron chi connectivity index (χ1n) is 6.42. The van der Waals surface area contributed by atoms with Gasteiger partial charge in [-0.25, -0.2) is 0 Å². The standard InChI is InChI=1S/C15H15N3S2/c1-3-7-18-14(19)12(9-16)13(17-15(18)20)11-6-4-5-10(2)8-11/h4-6,8H,3,7H2,1-2H3,(H,17,20). The summed E-state index contributed by atoms with van der Waals surface area (Å²) in [6.45, 7) is 4.78. The fourth-order valence-electron chi connectivity index (χ4n) is 2.12. The highest BCUT2D eigenvalue weighted by molar-refractivity contribution is 7.72. The van der Waals surface area contributed by atoms with Gasteiger partial charge in [0.1, 0.15) is 16.3 Å². The first kappa shape index (κ1) is 14.6. The number of rotatable bonds is 3. The largest absolute Gasteiger partial charge is 0.331 e. The molecular weight excluding hydrogens is 286 g/mol. The van der Waals surface area contributed by atoms with Gasteiger partial charge in [0, 0.05) is 6.54 Å². The molecule has 1 heterocycles. The van der Waals surface area contributed by atoms with Gasteiger partial charge < -0.3 is 9.55 Å². The highest BCUT2D eigenvalue weighted by Crippen LogP contribution is 2.23. The lowest BCUT2D eigenvalue weighted by atomic mass is 10.1. The van der Waals surface area contributed by atoms with Gasteiger partial charge in [-0.15, -0.1) is 0 Å². The van der Waals surface area contributed by atoms with Gasteiger partial charge in [0.2, 0.25) is 0 Å². The van der Waals surface area contributed by atoms with Crippen LogP contribution in [0.3, 0.4) is 0 Å². The summed E-state index contributed by atoms with van der Waals surface area (Å²) in [6, 6.07) is 10.1. The van der Waals surface area contributed by atoms with Crippen LogP contribution in [0.2, 0.25) is 0 Å². The van der Waals surface area contributed by atoms with Gasteiger partial charge in [0.25, 0.3) is 0 Å². The molecule has 1 aromatic heterocycles. The third-order valence-corrected chi connectivity index (χ3v) is 3.80. The van der Waals surface area contributed by atoms with E-state index in [9.17, 15) is 5.26 Å². The topological polar surface area (TPSA) is 44.5 Å². The van der Waals surface area contributed by atoms with Crippen LogP contribution in [0.5, 0.6) is 0 Å². The summed E-state index contributed by atoms with van der Waals surface area (Å²) < 4.78 is 2.88. The van der Waals surface area contributed by atoms with Crippen molar-refractivity contribution in [2.75, 3.05) is 0 Å². The molecule has 0 radical (unpaired) electrons. The number of hydrogen-bond donors (Lipinski definition) is 1. The Hall–Kier alpha value is -1.77. The number of benzene rings is 1. The molecule has 0 bridgehead atoms. The maximum atomic E-state index is 9.43. The average Bonchev–Trinajstić information content (AvgIpc) is 2.43. The highest BCUT2D eigenvalue weighted by Gasteiger charge is 2.11. The van der Waals surface area contributed by atoms with Crippen LogP contribution in [-0.4, -0.2) is 9.55 Å². The lowest BCUT2D eigenvalue weighted by Crippen LogP contribution is -2.07. The van der Waals surface area contributed by atoms with E-state index in [4.69, 9.17) is 24.4 Å². The second kappa shape index (κ2) is 6.12. The van der Waals surface area contributed by atoms with Gasteiger partial charge in [-0.2, -0.15) is 5.26 Å². The van der Waals surface area contributed by atoms with Crippen LogP contribution in [0.1, 0.15) is 24.5 Å². The third kappa shape index (κ3) is 2.72. The number of hydrogen-bond acceptors (Lipinski definition) is 3. The van der Waals surface area contributed by atoms with Crippen LogP contribution in [0.15, 0.2) is 24.3 Å². The van der Waals surface area contributed by atoms with E-state index < -0.39 is 0 Å². The second-order valence-electron chi connectivity index (χ2n) is 4.62. The minimum atomic E-state index is 0.479. The Kier molecular flexibility index (Phi) is 4.48. The van der Waals surface area contributed by atoms with E-state index in [1.807, 2.05) is 35.8 Å². The van der Waals surface area contributed by atoms with Crippen molar-refractivity contribution in [2.24, 2.45) is 0 Å². The molecule has 102 valence electrons. The van der Waals surface area contributed by atoms with E-state index in [2.05, 4.69) is 18.0 Å². The zero-order valence-electron chi connectivity index (χ0n) is 11.4. The predicted octanol–water partition coefficient (Wildman–Crippen LogP) is 4.53. The maximum absolute atomic E-state index is 9.43. The van der Waals surface area contributed by atoms with Crippen molar-refractivity contribution in [3.8, 4) is 17.3 Å². The lowest BCUT2D eigenvalue weighted by molar-refractivity contribution is 0.643. The molecule has 0 unspecified atom stereocenters. The van der Waals surface area contributed by atoms with Gasteiger partial charge >= 0.3 is 0 Å². The van der Waals surface area contributed by atoms with Crippen LogP contribution in [0, 0.1) is 27.7 Å². The van der Waals surface area contributed by atoms with Crippen molar-refractivity contribution < 1.29 is 0 Å². The Morgan fingerprint density at radius 2 is 2.10 bits per heavy atom. The molecule has 0 saturated carbocycles. The molecule has 0 aliphatic heterocycles. The molecule has 1 N–H and O–H groups in total. The molecule has 0 atom stereocenters. The summed E-state index contributed by atoms with van der Waals surface area (Å²) in [5, 5.41) is 9.43. The zero-order valence-corrected chi connectivity index (χ0v) is 13.1. The molecule has 1 aromatic carbocycles. The van der Waals surface area contributed by atoms with E-state index in [0.717, 1.165) is 24.1 Å². The minimum absolute atomic E-state index is 0.479. The van der Waals surface area contributed by atoms with Gasteiger partial charge in [-0.3, -0.25) is 0 Å². The SMILES string of the molecule is CCCn1c(=S)[nH]c(-c2cccc(C)c2)c(C#N)c1=S. The van der Waals surface area contributed by atoms with E-state index in [-0.39, 0.29) is 0 Å².